The quantitative estimate of drug-likeness (QED) is 0.283. The van der Waals surface area contributed by atoms with Gasteiger partial charge in [0.1, 0.15) is 18.2 Å². The average molecular weight is 558 g/mol. The number of halogens is 2. The summed E-state index contributed by atoms with van der Waals surface area (Å²) in [6, 6.07) is 16.4. The first-order valence-electron chi connectivity index (χ1n) is 10.7. The molecule has 4 rings (SSSR count). The molecule has 0 aliphatic carbocycles. The Morgan fingerprint density at radius 3 is 2.49 bits per heavy atom. The standard InChI is InChI=1S/C26H21BrFNO5S/c1-3-33-22-13-17(12-19(27)24(22)34-15-16-8-10-18(28)11-9-16)14-23-25(30)29(26(31)35-23)20-6-4-5-7-21(20)32-2/h4-14H,3,15H2,1-2H3/b23-14-. The van der Waals surface area contributed by atoms with Crippen molar-refractivity contribution < 1.29 is 28.2 Å². The minimum atomic E-state index is -0.435. The normalized spacial score (nSPS) is 14.5. The number of hydrogen-bond acceptors (Lipinski definition) is 6. The summed E-state index contributed by atoms with van der Waals surface area (Å²) < 4.78 is 30.8. The fourth-order valence-corrected chi connectivity index (χ4v) is 4.86. The maximum absolute atomic E-state index is 13.2. The van der Waals surface area contributed by atoms with E-state index in [1.165, 1.54) is 19.2 Å². The SMILES string of the molecule is CCOc1cc(/C=C2\SC(=O)N(c3ccccc3OC)C2=O)cc(Br)c1OCc1ccc(F)cc1. The van der Waals surface area contributed by atoms with Crippen LogP contribution in [-0.4, -0.2) is 24.9 Å². The molecule has 0 N–H and O–H groups in total. The zero-order valence-corrected chi connectivity index (χ0v) is 21.3. The van der Waals surface area contributed by atoms with Gasteiger partial charge in [-0.1, -0.05) is 24.3 Å². The molecule has 0 radical (unpaired) electrons. The van der Waals surface area contributed by atoms with Crippen LogP contribution in [0.3, 0.4) is 0 Å². The van der Waals surface area contributed by atoms with E-state index in [2.05, 4.69) is 15.9 Å². The molecule has 9 heteroatoms. The summed E-state index contributed by atoms with van der Waals surface area (Å²) in [5.74, 6) is 0.634. The summed E-state index contributed by atoms with van der Waals surface area (Å²) in [5, 5.41) is -0.408. The Morgan fingerprint density at radius 2 is 1.77 bits per heavy atom. The van der Waals surface area contributed by atoms with Crippen LogP contribution in [-0.2, 0) is 11.4 Å². The van der Waals surface area contributed by atoms with Gasteiger partial charge in [0.15, 0.2) is 11.5 Å². The topological polar surface area (TPSA) is 65.1 Å². The molecule has 0 bridgehead atoms. The molecule has 1 aliphatic rings. The lowest BCUT2D eigenvalue weighted by molar-refractivity contribution is -0.113. The number of carbonyl (C=O) groups is 2. The molecule has 35 heavy (non-hydrogen) atoms. The highest BCUT2D eigenvalue weighted by Crippen LogP contribution is 2.42. The number of ether oxygens (including phenoxy) is 3. The molecule has 3 aromatic carbocycles. The number of hydrogen-bond donors (Lipinski definition) is 0. The minimum Gasteiger partial charge on any atom is -0.495 e. The predicted molar refractivity (Wildman–Crippen MR) is 137 cm³/mol. The molecule has 1 heterocycles. The number of rotatable bonds is 8. The third-order valence-electron chi connectivity index (χ3n) is 5.05. The largest absolute Gasteiger partial charge is 0.495 e. The van der Waals surface area contributed by atoms with Gasteiger partial charge < -0.3 is 14.2 Å². The Labute approximate surface area is 214 Å². The van der Waals surface area contributed by atoms with Crippen LogP contribution >= 0.6 is 27.7 Å². The molecule has 0 saturated carbocycles. The van der Waals surface area contributed by atoms with Crippen molar-refractivity contribution in [1.29, 1.82) is 0 Å². The van der Waals surface area contributed by atoms with Crippen LogP contribution in [0.15, 0.2) is 70.0 Å². The second-order valence-corrected chi connectivity index (χ2v) is 9.21. The van der Waals surface area contributed by atoms with E-state index < -0.39 is 11.1 Å². The molecule has 1 fully saturated rings. The predicted octanol–water partition coefficient (Wildman–Crippen LogP) is 6.82. The molecule has 3 aromatic rings. The molecule has 2 amide bonds. The van der Waals surface area contributed by atoms with Crippen LogP contribution in [0.5, 0.6) is 17.2 Å². The highest BCUT2D eigenvalue weighted by atomic mass is 79.9. The van der Waals surface area contributed by atoms with Crippen molar-refractivity contribution in [2.24, 2.45) is 0 Å². The number of imide groups is 1. The van der Waals surface area contributed by atoms with Gasteiger partial charge in [0.25, 0.3) is 11.1 Å². The third-order valence-corrected chi connectivity index (χ3v) is 6.50. The van der Waals surface area contributed by atoms with Crippen molar-refractivity contribution in [3.63, 3.8) is 0 Å². The first-order chi connectivity index (χ1) is 16.9. The van der Waals surface area contributed by atoms with E-state index in [0.717, 1.165) is 22.2 Å². The zero-order valence-electron chi connectivity index (χ0n) is 18.9. The van der Waals surface area contributed by atoms with Crippen LogP contribution < -0.4 is 19.1 Å². The van der Waals surface area contributed by atoms with Crippen molar-refractivity contribution >= 4 is 50.6 Å². The number of benzene rings is 3. The van der Waals surface area contributed by atoms with Gasteiger partial charge in [0.05, 0.1) is 28.8 Å². The molecule has 180 valence electrons. The summed E-state index contributed by atoms with van der Waals surface area (Å²) in [7, 11) is 1.49. The Balaban J connectivity index is 1.61. The van der Waals surface area contributed by atoms with E-state index in [0.29, 0.717) is 39.6 Å². The molecular formula is C26H21BrFNO5S. The number of para-hydroxylation sites is 2. The fraction of sp³-hybridized carbons (Fsp3) is 0.154. The monoisotopic (exact) mass is 557 g/mol. The summed E-state index contributed by atoms with van der Waals surface area (Å²) in [6.07, 6.45) is 1.64. The summed E-state index contributed by atoms with van der Waals surface area (Å²) in [5.41, 5.74) is 1.84. The van der Waals surface area contributed by atoms with Gasteiger partial charge in [0, 0.05) is 0 Å². The van der Waals surface area contributed by atoms with Crippen molar-refractivity contribution in [1.82, 2.24) is 0 Å². The van der Waals surface area contributed by atoms with E-state index in [1.54, 1.807) is 54.6 Å². The first kappa shape index (κ1) is 24.8. The Bertz CT molecular complexity index is 1300. The van der Waals surface area contributed by atoms with Crippen molar-refractivity contribution in [3.05, 3.63) is 87.0 Å². The maximum Gasteiger partial charge on any atom is 0.298 e. The molecule has 1 aliphatic heterocycles. The van der Waals surface area contributed by atoms with Crippen LogP contribution in [0.2, 0.25) is 0 Å². The van der Waals surface area contributed by atoms with E-state index >= 15 is 0 Å². The fourth-order valence-electron chi connectivity index (χ4n) is 3.45. The van der Waals surface area contributed by atoms with Crippen molar-refractivity contribution in [2.75, 3.05) is 18.6 Å². The van der Waals surface area contributed by atoms with Gasteiger partial charge >= 0.3 is 0 Å². The van der Waals surface area contributed by atoms with Gasteiger partial charge in [0.2, 0.25) is 0 Å². The second kappa shape index (κ2) is 11.0. The smallest absolute Gasteiger partial charge is 0.298 e. The average Bonchev–Trinajstić information content (AvgIpc) is 3.12. The Hall–Kier alpha value is -3.30. The van der Waals surface area contributed by atoms with E-state index in [9.17, 15) is 14.0 Å². The molecule has 0 spiro atoms. The Kier molecular flexibility index (Phi) is 7.77. The molecular weight excluding hydrogens is 537 g/mol. The van der Waals surface area contributed by atoms with Gasteiger partial charge in [-0.2, -0.15) is 0 Å². The lowest BCUT2D eigenvalue weighted by atomic mass is 10.1. The zero-order chi connectivity index (χ0) is 24.9. The molecule has 0 unspecified atom stereocenters. The maximum atomic E-state index is 13.2. The Morgan fingerprint density at radius 1 is 1.03 bits per heavy atom. The summed E-state index contributed by atoms with van der Waals surface area (Å²) in [4.78, 5) is 27.2. The van der Waals surface area contributed by atoms with Crippen LogP contribution in [0.1, 0.15) is 18.1 Å². The number of anilines is 1. The minimum absolute atomic E-state index is 0.218. The number of carbonyl (C=O) groups excluding carboxylic acids is 2. The lowest BCUT2D eigenvalue weighted by Crippen LogP contribution is -2.28. The van der Waals surface area contributed by atoms with Gasteiger partial charge in [-0.15, -0.1) is 0 Å². The van der Waals surface area contributed by atoms with E-state index in [1.807, 2.05) is 6.92 Å². The molecule has 6 nitrogen and oxygen atoms in total. The third kappa shape index (κ3) is 5.52. The van der Waals surface area contributed by atoms with Crippen LogP contribution in [0, 0.1) is 5.82 Å². The lowest BCUT2D eigenvalue weighted by Gasteiger charge is -2.16. The van der Waals surface area contributed by atoms with Gasteiger partial charge in [-0.3, -0.25) is 9.59 Å². The van der Waals surface area contributed by atoms with E-state index in [4.69, 9.17) is 14.2 Å². The molecule has 0 atom stereocenters. The van der Waals surface area contributed by atoms with Crippen LogP contribution in [0.25, 0.3) is 6.08 Å². The van der Waals surface area contributed by atoms with E-state index in [-0.39, 0.29) is 17.3 Å². The highest BCUT2D eigenvalue weighted by Gasteiger charge is 2.37. The van der Waals surface area contributed by atoms with Crippen molar-refractivity contribution in [3.8, 4) is 17.2 Å². The number of thioether (sulfide) groups is 1. The second-order valence-electron chi connectivity index (χ2n) is 7.37. The van der Waals surface area contributed by atoms with Crippen molar-refractivity contribution in [2.45, 2.75) is 13.5 Å². The summed E-state index contributed by atoms with van der Waals surface area (Å²) >= 11 is 4.37. The first-order valence-corrected chi connectivity index (χ1v) is 12.3. The van der Waals surface area contributed by atoms with Crippen LogP contribution in [0.4, 0.5) is 14.9 Å². The molecule has 0 aromatic heterocycles. The number of amides is 2. The number of nitrogens with zero attached hydrogens (tertiary/aromatic N) is 1. The highest BCUT2D eigenvalue weighted by molar-refractivity contribution is 9.10. The van der Waals surface area contributed by atoms with Gasteiger partial charge in [-0.05, 0) is 88.2 Å². The molecule has 1 saturated heterocycles. The number of methoxy groups -OCH3 is 1. The summed E-state index contributed by atoms with van der Waals surface area (Å²) in [6.45, 7) is 2.46. The van der Waals surface area contributed by atoms with Gasteiger partial charge in [-0.25, -0.2) is 9.29 Å².